The fourth-order valence-electron chi connectivity index (χ4n) is 3.84. The van der Waals surface area contributed by atoms with Crippen molar-refractivity contribution in [2.45, 2.75) is 32.9 Å². The molecule has 0 fully saturated rings. The van der Waals surface area contributed by atoms with E-state index in [4.69, 9.17) is 14.2 Å². The van der Waals surface area contributed by atoms with E-state index in [0.717, 1.165) is 11.1 Å². The Morgan fingerprint density at radius 2 is 1.79 bits per heavy atom. The number of nitrogens with zero attached hydrogens (tertiary/aromatic N) is 2. The van der Waals surface area contributed by atoms with Gasteiger partial charge in [-0.1, -0.05) is 35.6 Å². The highest BCUT2D eigenvalue weighted by Crippen LogP contribution is 2.31. The molecular weight excluding hydrogens is 452 g/mol. The van der Waals surface area contributed by atoms with Gasteiger partial charge in [0.05, 0.1) is 42.2 Å². The maximum atomic E-state index is 13.6. The molecule has 0 bridgehead atoms. The van der Waals surface area contributed by atoms with Crippen molar-refractivity contribution < 1.29 is 19.0 Å². The van der Waals surface area contributed by atoms with Crippen LogP contribution in [-0.4, -0.2) is 30.9 Å². The van der Waals surface area contributed by atoms with Gasteiger partial charge in [-0.3, -0.25) is 9.36 Å². The molecule has 34 heavy (non-hydrogen) atoms. The quantitative estimate of drug-likeness (QED) is 0.509. The van der Waals surface area contributed by atoms with Gasteiger partial charge in [0, 0.05) is 0 Å². The normalized spacial score (nSPS) is 15.7. The predicted molar refractivity (Wildman–Crippen MR) is 131 cm³/mol. The van der Waals surface area contributed by atoms with Crippen molar-refractivity contribution in [2.24, 2.45) is 4.99 Å². The highest BCUT2D eigenvalue weighted by molar-refractivity contribution is 7.07. The minimum absolute atomic E-state index is 0.227. The Morgan fingerprint density at radius 3 is 2.44 bits per heavy atom. The Hall–Kier alpha value is -3.65. The van der Waals surface area contributed by atoms with Gasteiger partial charge >= 0.3 is 5.97 Å². The lowest BCUT2D eigenvalue weighted by atomic mass is 9.96. The second-order valence-corrected chi connectivity index (χ2v) is 9.09. The third-order valence-electron chi connectivity index (χ3n) is 5.41. The zero-order valence-corrected chi connectivity index (χ0v) is 20.5. The molecule has 2 heterocycles. The SMILES string of the molecule is COc1ccc(C2C(C(=O)OC(C)C)=C(C)N=c3s/c(=C/c4cccc(OC)c4)c(=O)n32)cc1. The van der Waals surface area contributed by atoms with E-state index in [0.29, 0.717) is 32.1 Å². The smallest absolute Gasteiger partial charge is 0.338 e. The summed E-state index contributed by atoms with van der Waals surface area (Å²) in [6.07, 6.45) is 1.50. The van der Waals surface area contributed by atoms with E-state index in [1.54, 1.807) is 39.6 Å². The molecule has 0 saturated carbocycles. The van der Waals surface area contributed by atoms with E-state index in [2.05, 4.69) is 4.99 Å². The summed E-state index contributed by atoms with van der Waals surface area (Å²) in [5.41, 5.74) is 2.25. The molecule has 1 unspecified atom stereocenters. The number of aromatic nitrogens is 1. The molecular formula is C26H26N2O5S. The van der Waals surface area contributed by atoms with Crippen LogP contribution in [0.3, 0.4) is 0 Å². The molecule has 0 aliphatic carbocycles. The van der Waals surface area contributed by atoms with Crippen LogP contribution in [0.1, 0.15) is 37.9 Å². The van der Waals surface area contributed by atoms with Gasteiger partial charge in [0.25, 0.3) is 5.56 Å². The molecule has 1 aromatic heterocycles. The number of benzene rings is 2. The summed E-state index contributed by atoms with van der Waals surface area (Å²) in [4.78, 5) is 31.9. The topological polar surface area (TPSA) is 79.1 Å². The standard InChI is InChI=1S/C26H26N2O5S/c1-15(2)33-25(30)22-16(3)27-26-28(23(22)18-9-11-19(31-4)12-10-18)24(29)21(34-26)14-17-7-6-8-20(13-17)32-5/h6-15,23H,1-5H3/b21-14+. The number of allylic oxidation sites excluding steroid dienone is 1. The van der Waals surface area contributed by atoms with Crippen molar-refractivity contribution in [1.82, 2.24) is 4.57 Å². The second-order valence-electron chi connectivity index (χ2n) is 8.09. The number of ether oxygens (including phenoxy) is 3. The largest absolute Gasteiger partial charge is 0.497 e. The maximum Gasteiger partial charge on any atom is 0.338 e. The number of carbonyl (C=O) groups excluding carboxylic acids is 1. The van der Waals surface area contributed by atoms with Gasteiger partial charge < -0.3 is 14.2 Å². The lowest BCUT2D eigenvalue weighted by Crippen LogP contribution is -2.40. The van der Waals surface area contributed by atoms with Crippen LogP contribution in [0, 0.1) is 0 Å². The Kier molecular flexibility index (Phi) is 6.70. The molecule has 0 amide bonds. The van der Waals surface area contributed by atoms with E-state index in [1.165, 1.54) is 11.3 Å². The molecule has 1 atom stereocenters. The summed E-state index contributed by atoms with van der Waals surface area (Å²) in [6.45, 7) is 5.35. The molecule has 0 N–H and O–H groups in total. The van der Waals surface area contributed by atoms with E-state index < -0.39 is 12.0 Å². The first-order valence-electron chi connectivity index (χ1n) is 10.8. The average molecular weight is 479 g/mol. The highest BCUT2D eigenvalue weighted by atomic mass is 32.1. The van der Waals surface area contributed by atoms with Gasteiger partial charge in [0.15, 0.2) is 4.80 Å². The number of hydrogen-bond donors (Lipinski definition) is 0. The second kappa shape index (κ2) is 9.69. The van der Waals surface area contributed by atoms with Gasteiger partial charge in [0.2, 0.25) is 0 Å². The van der Waals surface area contributed by atoms with Crippen molar-refractivity contribution in [2.75, 3.05) is 14.2 Å². The van der Waals surface area contributed by atoms with Crippen LogP contribution in [0.25, 0.3) is 6.08 Å². The molecule has 2 aromatic carbocycles. The van der Waals surface area contributed by atoms with E-state index >= 15 is 0 Å². The van der Waals surface area contributed by atoms with Crippen LogP contribution in [0.5, 0.6) is 11.5 Å². The van der Waals surface area contributed by atoms with Crippen molar-refractivity contribution in [3.63, 3.8) is 0 Å². The maximum absolute atomic E-state index is 13.6. The van der Waals surface area contributed by atoms with Crippen LogP contribution in [0.4, 0.5) is 0 Å². The summed E-state index contributed by atoms with van der Waals surface area (Å²) in [7, 11) is 3.19. The fourth-order valence-corrected chi connectivity index (χ4v) is 4.89. The van der Waals surface area contributed by atoms with Crippen LogP contribution in [0.2, 0.25) is 0 Å². The van der Waals surface area contributed by atoms with Crippen molar-refractivity contribution >= 4 is 23.4 Å². The summed E-state index contributed by atoms with van der Waals surface area (Å²) in [6, 6.07) is 14.1. The van der Waals surface area contributed by atoms with Crippen LogP contribution in [-0.2, 0) is 9.53 Å². The van der Waals surface area contributed by atoms with Gasteiger partial charge in [-0.2, -0.15) is 0 Å². The molecule has 0 radical (unpaired) electrons. The zero-order valence-electron chi connectivity index (χ0n) is 19.7. The highest BCUT2D eigenvalue weighted by Gasteiger charge is 2.33. The molecule has 1 aliphatic rings. The molecule has 3 aromatic rings. The number of esters is 1. The molecule has 176 valence electrons. The summed E-state index contributed by atoms with van der Waals surface area (Å²) < 4.78 is 18.2. The van der Waals surface area contributed by atoms with Crippen molar-refractivity contribution in [1.29, 1.82) is 0 Å². The molecule has 0 spiro atoms. The monoisotopic (exact) mass is 478 g/mol. The first kappa shape index (κ1) is 23.5. The number of thiazole rings is 1. The van der Waals surface area contributed by atoms with Crippen LogP contribution in [0.15, 0.2) is 69.6 Å². The van der Waals surface area contributed by atoms with Gasteiger partial charge in [0.1, 0.15) is 11.5 Å². The lowest BCUT2D eigenvalue weighted by Gasteiger charge is -2.25. The Labute approximate surface area is 201 Å². The minimum atomic E-state index is -0.666. The first-order chi connectivity index (χ1) is 16.3. The first-order valence-corrected chi connectivity index (χ1v) is 11.7. The van der Waals surface area contributed by atoms with E-state index in [9.17, 15) is 9.59 Å². The number of methoxy groups -OCH3 is 2. The molecule has 7 nitrogen and oxygen atoms in total. The third kappa shape index (κ3) is 4.54. The summed E-state index contributed by atoms with van der Waals surface area (Å²) in [5, 5.41) is 0. The van der Waals surface area contributed by atoms with Gasteiger partial charge in [-0.25, -0.2) is 9.79 Å². The predicted octanol–water partition coefficient (Wildman–Crippen LogP) is 3.20. The minimum Gasteiger partial charge on any atom is -0.497 e. The number of rotatable bonds is 6. The molecule has 4 rings (SSSR count). The number of hydrogen-bond acceptors (Lipinski definition) is 7. The van der Waals surface area contributed by atoms with Crippen molar-refractivity contribution in [3.8, 4) is 11.5 Å². The third-order valence-corrected chi connectivity index (χ3v) is 6.39. The molecule has 0 saturated heterocycles. The summed E-state index contributed by atoms with van der Waals surface area (Å²) in [5.74, 6) is 0.896. The number of carbonyl (C=O) groups is 1. The molecule has 8 heteroatoms. The Balaban J connectivity index is 1.92. The number of fused-ring (bicyclic) bond motifs is 1. The van der Waals surface area contributed by atoms with E-state index in [-0.39, 0.29) is 11.7 Å². The lowest BCUT2D eigenvalue weighted by molar-refractivity contribution is -0.143. The molecule has 1 aliphatic heterocycles. The average Bonchev–Trinajstić information content (AvgIpc) is 3.12. The Bertz CT molecular complexity index is 1430. The zero-order chi connectivity index (χ0) is 24.4. The van der Waals surface area contributed by atoms with Crippen LogP contribution >= 0.6 is 11.3 Å². The van der Waals surface area contributed by atoms with Crippen molar-refractivity contribution in [3.05, 3.63) is 90.6 Å². The fraction of sp³-hybridized carbons (Fsp3) is 0.269. The van der Waals surface area contributed by atoms with Gasteiger partial charge in [-0.05, 0) is 62.2 Å². The van der Waals surface area contributed by atoms with Crippen LogP contribution < -0.4 is 24.4 Å². The van der Waals surface area contributed by atoms with Gasteiger partial charge in [-0.15, -0.1) is 0 Å². The summed E-state index contributed by atoms with van der Waals surface area (Å²) >= 11 is 1.28. The Morgan fingerprint density at radius 1 is 1.09 bits per heavy atom. The van der Waals surface area contributed by atoms with E-state index in [1.807, 2.05) is 54.6 Å².